The molecule has 0 bridgehead atoms. The molecule has 2 amide bonds. The zero-order chi connectivity index (χ0) is 19.8. The quantitative estimate of drug-likeness (QED) is 0.543. The Balaban J connectivity index is 0.00000225. The van der Waals surface area contributed by atoms with Gasteiger partial charge < -0.3 is 20.8 Å². The molecule has 3 heterocycles. The van der Waals surface area contributed by atoms with E-state index in [0.717, 1.165) is 44.2 Å². The van der Waals surface area contributed by atoms with Gasteiger partial charge in [0.15, 0.2) is 0 Å². The van der Waals surface area contributed by atoms with E-state index >= 15 is 0 Å². The molecule has 0 aliphatic carbocycles. The van der Waals surface area contributed by atoms with Crippen molar-refractivity contribution in [1.29, 1.82) is 5.41 Å². The number of nitrogens with one attached hydrogen (secondary N) is 4. The van der Waals surface area contributed by atoms with Crippen molar-refractivity contribution >= 4 is 29.4 Å². The van der Waals surface area contributed by atoms with Gasteiger partial charge in [0.25, 0.3) is 0 Å². The monoisotopic (exact) mass is 387 g/mol. The molecular weight excluding hydrogens is 358 g/mol. The van der Waals surface area contributed by atoms with Gasteiger partial charge in [-0.15, -0.1) is 0 Å². The van der Waals surface area contributed by atoms with E-state index in [1.54, 1.807) is 18.5 Å². The Morgan fingerprint density at radius 2 is 2.18 bits per heavy atom. The minimum atomic E-state index is -0.317. The summed E-state index contributed by atoms with van der Waals surface area (Å²) in [6.07, 6.45) is 4.53. The van der Waals surface area contributed by atoms with Crippen LogP contribution < -0.4 is 16.0 Å². The molecule has 1 aliphatic heterocycles. The lowest BCUT2D eigenvalue weighted by atomic mass is 10.2. The van der Waals surface area contributed by atoms with Crippen molar-refractivity contribution in [1.82, 2.24) is 20.2 Å². The first-order valence-electron chi connectivity index (χ1n) is 9.19. The van der Waals surface area contributed by atoms with Crippen LogP contribution in [0.4, 0.5) is 22.0 Å². The summed E-state index contributed by atoms with van der Waals surface area (Å²) in [6.45, 7) is 6.49. The standard InChI is InChI=1S/C19H25N7O2.2H2/c1-14-10-16(2-3-21-14)24-17-13-23-18(11-15(17)12-20)25-19(27)22-4-5-26-6-8-28-9-7-26;;/h2-3,10-13,20H,4-9H2,1H3,(H,21,24)(H2,22,23,25,27);2*1H. The van der Waals surface area contributed by atoms with Crippen LogP contribution in [0.1, 0.15) is 14.1 Å². The van der Waals surface area contributed by atoms with Gasteiger partial charge in [0.1, 0.15) is 5.82 Å². The highest BCUT2D eigenvalue weighted by Crippen LogP contribution is 2.21. The predicted molar refractivity (Wildman–Crippen MR) is 113 cm³/mol. The Kier molecular flexibility index (Phi) is 6.88. The summed E-state index contributed by atoms with van der Waals surface area (Å²) in [7, 11) is 0. The number of amides is 2. The minimum absolute atomic E-state index is 0. The van der Waals surface area contributed by atoms with Crippen molar-refractivity contribution in [2.45, 2.75) is 6.92 Å². The van der Waals surface area contributed by atoms with Crippen LogP contribution in [-0.2, 0) is 4.74 Å². The lowest BCUT2D eigenvalue weighted by molar-refractivity contribution is 0.0388. The van der Waals surface area contributed by atoms with E-state index in [9.17, 15) is 4.79 Å². The van der Waals surface area contributed by atoms with Crippen molar-refractivity contribution in [3.8, 4) is 0 Å². The number of ether oxygens (including phenoxy) is 1. The second kappa shape index (κ2) is 9.77. The van der Waals surface area contributed by atoms with Crippen LogP contribution in [-0.4, -0.2) is 66.5 Å². The topological polar surface area (TPSA) is 115 Å². The zero-order valence-corrected chi connectivity index (χ0v) is 15.9. The molecule has 0 radical (unpaired) electrons. The highest BCUT2D eigenvalue weighted by molar-refractivity contribution is 5.92. The SMILES string of the molecule is Cc1cc(Nc2cnc(NC(=O)NCCN3CCOCC3)cc2C=N)ccn1.[HH].[HH]. The molecule has 1 fully saturated rings. The average Bonchev–Trinajstić information content (AvgIpc) is 2.70. The van der Waals surface area contributed by atoms with Crippen LogP contribution in [0, 0.1) is 12.3 Å². The molecule has 2 aromatic rings. The first kappa shape index (κ1) is 19.7. The van der Waals surface area contributed by atoms with E-state index in [0.29, 0.717) is 23.6 Å². The van der Waals surface area contributed by atoms with Gasteiger partial charge in [0.2, 0.25) is 0 Å². The zero-order valence-electron chi connectivity index (χ0n) is 15.9. The molecule has 0 unspecified atom stereocenters. The molecule has 9 heteroatoms. The fourth-order valence-corrected chi connectivity index (χ4v) is 2.85. The summed E-state index contributed by atoms with van der Waals surface area (Å²) in [4.78, 5) is 22.8. The number of anilines is 3. The highest BCUT2D eigenvalue weighted by atomic mass is 16.5. The molecule has 0 saturated carbocycles. The summed E-state index contributed by atoms with van der Waals surface area (Å²) in [5, 5.41) is 16.4. The molecule has 0 spiro atoms. The number of rotatable bonds is 7. The Bertz CT molecular complexity index is 832. The number of aryl methyl sites for hydroxylation is 1. The van der Waals surface area contributed by atoms with Crippen LogP contribution in [0.5, 0.6) is 0 Å². The van der Waals surface area contributed by atoms with E-state index in [2.05, 4.69) is 30.8 Å². The number of pyridine rings is 2. The normalized spacial score (nSPS) is 14.3. The second-order valence-electron chi connectivity index (χ2n) is 6.45. The average molecular weight is 387 g/mol. The number of urea groups is 1. The Morgan fingerprint density at radius 1 is 1.36 bits per heavy atom. The molecule has 9 nitrogen and oxygen atoms in total. The van der Waals surface area contributed by atoms with Crippen LogP contribution in [0.3, 0.4) is 0 Å². The molecule has 0 atom stereocenters. The van der Waals surface area contributed by atoms with Gasteiger partial charge in [-0.2, -0.15) is 0 Å². The fourth-order valence-electron chi connectivity index (χ4n) is 2.85. The van der Waals surface area contributed by atoms with Gasteiger partial charge in [-0.1, -0.05) is 0 Å². The predicted octanol–water partition coefficient (Wildman–Crippen LogP) is 2.47. The molecule has 3 rings (SSSR count). The van der Waals surface area contributed by atoms with Gasteiger partial charge in [-0.25, -0.2) is 9.78 Å². The van der Waals surface area contributed by atoms with Gasteiger partial charge in [-0.3, -0.25) is 15.2 Å². The first-order chi connectivity index (χ1) is 13.6. The number of morpholine rings is 1. The number of carbonyl (C=O) groups is 1. The van der Waals surface area contributed by atoms with Crippen molar-refractivity contribution in [2.75, 3.05) is 50.0 Å². The summed E-state index contributed by atoms with van der Waals surface area (Å²) >= 11 is 0. The minimum Gasteiger partial charge on any atom is -0.379 e. The van der Waals surface area contributed by atoms with Crippen molar-refractivity contribution in [3.05, 3.63) is 41.9 Å². The highest BCUT2D eigenvalue weighted by Gasteiger charge is 2.11. The molecule has 152 valence electrons. The number of carbonyl (C=O) groups excluding carboxylic acids is 1. The summed E-state index contributed by atoms with van der Waals surface area (Å²) in [5.41, 5.74) is 3.05. The summed E-state index contributed by atoms with van der Waals surface area (Å²) in [5.74, 6) is 0.388. The van der Waals surface area contributed by atoms with E-state index < -0.39 is 0 Å². The van der Waals surface area contributed by atoms with E-state index in [1.165, 1.54) is 6.21 Å². The molecule has 4 N–H and O–H groups in total. The third kappa shape index (κ3) is 5.73. The lowest BCUT2D eigenvalue weighted by Crippen LogP contribution is -2.42. The molecule has 2 aromatic heterocycles. The second-order valence-corrected chi connectivity index (χ2v) is 6.45. The molecule has 1 aliphatic rings. The van der Waals surface area contributed by atoms with Gasteiger partial charge in [-0.05, 0) is 25.1 Å². The van der Waals surface area contributed by atoms with Crippen LogP contribution in [0.25, 0.3) is 0 Å². The Hall–Kier alpha value is -3.04. The third-order valence-electron chi connectivity index (χ3n) is 4.33. The van der Waals surface area contributed by atoms with E-state index in [1.807, 2.05) is 19.1 Å². The van der Waals surface area contributed by atoms with E-state index in [4.69, 9.17) is 10.1 Å². The number of aromatic nitrogens is 2. The van der Waals surface area contributed by atoms with Gasteiger partial charge in [0, 0.05) is 58.4 Å². The summed E-state index contributed by atoms with van der Waals surface area (Å²) < 4.78 is 5.30. The van der Waals surface area contributed by atoms with Crippen LogP contribution in [0.15, 0.2) is 30.6 Å². The van der Waals surface area contributed by atoms with Crippen molar-refractivity contribution in [3.63, 3.8) is 0 Å². The van der Waals surface area contributed by atoms with Crippen molar-refractivity contribution < 1.29 is 12.4 Å². The maximum Gasteiger partial charge on any atom is 0.320 e. The van der Waals surface area contributed by atoms with Crippen LogP contribution in [0.2, 0.25) is 0 Å². The maximum atomic E-state index is 12.1. The number of hydrogen-bond acceptors (Lipinski definition) is 7. The van der Waals surface area contributed by atoms with Gasteiger partial charge in [0.05, 0.1) is 25.1 Å². The summed E-state index contributed by atoms with van der Waals surface area (Å²) in [6, 6.07) is 5.09. The maximum absolute atomic E-state index is 12.1. The molecule has 0 aromatic carbocycles. The van der Waals surface area contributed by atoms with Crippen molar-refractivity contribution in [2.24, 2.45) is 0 Å². The van der Waals surface area contributed by atoms with E-state index in [-0.39, 0.29) is 8.88 Å². The lowest BCUT2D eigenvalue weighted by Gasteiger charge is -2.26. The first-order valence-corrected chi connectivity index (χ1v) is 9.19. The third-order valence-corrected chi connectivity index (χ3v) is 4.33. The number of hydrogen-bond donors (Lipinski definition) is 4. The molecule has 28 heavy (non-hydrogen) atoms. The Morgan fingerprint density at radius 3 is 2.93 bits per heavy atom. The molecular formula is C19H29N7O2. The smallest absolute Gasteiger partial charge is 0.320 e. The fraction of sp³-hybridized carbons (Fsp3) is 0.368. The van der Waals surface area contributed by atoms with Gasteiger partial charge >= 0.3 is 6.03 Å². The number of nitrogens with zero attached hydrogens (tertiary/aromatic N) is 3. The Labute approximate surface area is 167 Å². The largest absolute Gasteiger partial charge is 0.379 e. The van der Waals surface area contributed by atoms with Crippen LogP contribution >= 0.6 is 0 Å². The molecule has 1 saturated heterocycles.